The number of thioether (sulfide) groups is 1. The summed E-state index contributed by atoms with van der Waals surface area (Å²) in [6.07, 6.45) is 0.487. The maximum atomic E-state index is 12.5. The Morgan fingerprint density at radius 1 is 1.40 bits per heavy atom. The number of rotatable bonds is 3. The first-order chi connectivity index (χ1) is 11.4. The molecule has 2 saturated heterocycles. The van der Waals surface area contributed by atoms with E-state index in [2.05, 4.69) is 10.2 Å². The molecule has 9 nitrogen and oxygen atoms in total. The van der Waals surface area contributed by atoms with Crippen molar-refractivity contribution < 1.29 is 19.5 Å². The van der Waals surface area contributed by atoms with E-state index in [-0.39, 0.29) is 59.0 Å². The molecular weight excluding hydrogens is 377 g/mol. The molecule has 3 atom stereocenters. The van der Waals surface area contributed by atoms with Crippen molar-refractivity contribution in [2.75, 3.05) is 12.3 Å². The predicted octanol–water partition coefficient (Wildman–Crippen LogP) is -0.679. The SMILES string of the molecule is CC(=O)N1C[C@H]2CC(Sc3nnc(N)s3)=C(C(=O)O)N3C(=O)[C@@H]1[C@@H]23.[NaH]. The minimum atomic E-state index is -1.15. The van der Waals surface area contributed by atoms with E-state index < -0.39 is 12.0 Å². The molecule has 0 bridgehead atoms. The zero-order valence-electron chi connectivity index (χ0n) is 12.5. The third kappa shape index (κ3) is 2.78. The number of aliphatic carboxylic acids is 1. The molecule has 25 heavy (non-hydrogen) atoms. The van der Waals surface area contributed by atoms with Gasteiger partial charge in [0.2, 0.25) is 11.0 Å². The van der Waals surface area contributed by atoms with Crippen LogP contribution in [0.5, 0.6) is 0 Å². The quantitative estimate of drug-likeness (QED) is 0.512. The molecule has 0 saturated carbocycles. The Kier molecular flexibility index (Phi) is 4.88. The second kappa shape index (κ2) is 6.54. The van der Waals surface area contributed by atoms with Crippen LogP contribution in [0.4, 0.5) is 5.13 Å². The van der Waals surface area contributed by atoms with Crippen molar-refractivity contribution in [2.24, 2.45) is 5.92 Å². The van der Waals surface area contributed by atoms with E-state index in [1.165, 1.54) is 23.6 Å². The summed E-state index contributed by atoms with van der Waals surface area (Å²) in [4.78, 5) is 39.4. The van der Waals surface area contributed by atoms with Crippen LogP contribution in [-0.2, 0) is 14.4 Å². The first-order valence-electron chi connectivity index (χ1n) is 7.22. The first kappa shape index (κ1) is 18.6. The number of carbonyl (C=O) groups is 3. The number of carboxylic acid groups (broad SMARTS) is 1. The predicted molar refractivity (Wildman–Crippen MR) is 91.9 cm³/mol. The molecule has 12 heteroatoms. The summed E-state index contributed by atoms with van der Waals surface area (Å²) in [5.74, 6) is -1.61. The average molecular weight is 391 g/mol. The van der Waals surface area contributed by atoms with Gasteiger partial charge in [0.15, 0.2) is 4.34 Å². The molecule has 2 amide bonds. The monoisotopic (exact) mass is 391 g/mol. The molecule has 0 radical (unpaired) electrons. The molecule has 4 heterocycles. The molecule has 0 aromatic carbocycles. The summed E-state index contributed by atoms with van der Waals surface area (Å²) < 4.78 is 0.533. The summed E-state index contributed by atoms with van der Waals surface area (Å²) >= 11 is 2.34. The number of aromatic nitrogens is 2. The number of nitrogens with two attached hydrogens (primary N) is 1. The molecule has 128 valence electrons. The van der Waals surface area contributed by atoms with E-state index in [4.69, 9.17) is 5.73 Å². The third-order valence-electron chi connectivity index (χ3n) is 4.55. The Morgan fingerprint density at radius 3 is 2.68 bits per heavy atom. The van der Waals surface area contributed by atoms with Crippen molar-refractivity contribution in [1.82, 2.24) is 20.0 Å². The number of allylic oxidation sites excluding steroid dienone is 1. The Bertz CT molecular complexity index is 812. The number of hydrogen-bond donors (Lipinski definition) is 2. The Labute approximate surface area is 172 Å². The summed E-state index contributed by atoms with van der Waals surface area (Å²) in [5, 5.41) is 17.5. The van der Waals surface area contributed by atoms with Gasteiger partial charge in [0.25, 0.3) is 5.91 Å². The Hall–Kier alpha value is -1.14. The molecule has 1 aromatic heterocycles. The van der Waals surface area contributed by atoms with Gasteiger partial charge in [0, 0.05) is 24.3 Å². The van der Waals surface area contributed by atoms with Crippen molar-refractivity contribution in [3.63, 3.8) is 0 Å². The number of carboxylic acids is 1. The number of hydrogen-bond acceptors (Lipinski definition) is 8. The van der Waals surface area contributed by atoms with Crippen molar-refractivity contribution in [1.29, 1.82) is 0 Å². The van der Waals surface area contributed by atoms with Crippen LogP contribution in [0.2, 0.25) is 0 Å². The Morgan fingerprint density at radius 2 is 2.12 bits per heavy atom. The molecule has 3 N–H and O–H groups in total. The van der Waals surface area contributed by atoms with Crippen molar-refractivity contribution in [2.45, 2.75) is 29.8 Å². The number of nitrogens with zero attached hydrogens (tertiary/aromatic N) is 4. The number of β-lactam (4-membered cyclic amide) rings is 1. The zero-order chi connectivity index (χ0) is 17.2. The summed E-state index contributed by atoms with van der Waals surface area (Å²) in [6.45, 7) is 1.89. The van der Waals surface area contributed by atoms with Gasteiger partial charge in [-0.3, -0.25) is 14.5 Å². The van der Waals surface area contributed by atoms with Crippen LogP contribution in [0.1, 0.15) is 13.3 Å². The van der Waals surface area contributed by atoms with Gasteiger partial charge in [-0.05, 0) is 6.42 Å². The van der Waals surface area contributed by atoms with Crippen molar-refractivity contribution >= 4 is 75.6 Å². The summed E-state index contributed by atoms with van der Waals surface area (Å²) in [7, 11) is 0. The fourth-order valence-electron chi connectivity index (χ4n) is 3.67. The van der Waals surface area contributed by atoms with E-state index in [0.717, 1.165) is 11.3 Å². The fourth-order valence-corrected chi connectivity index (χ4v) is 5.61. The van der Waals surface area contributed by atoms with E-state index in [9.17, 15) is 19.5 Å². The fraction of sp³-hybridized carbons (Fsp3) is 0.462. The van der Waals surface area contributed by atoms with Crippen LogP contribution in [0.15, 0.2) is 14.9 Å². The van der Waals surface area contributed by atoms with Crippen LogP contribution < -0.4 is 5.73 Å². The van der Waals surface area contributed by atoms with Crippen LogP contribution in [0, 0.1) is 5.92 Å². The summed E-state index contributed by atoms with van der Waals surface area (Å²) in [5.41, 5.74) is 5.55. The molecule has 1 aromatic rings. The summed E-state index contributed by atoms with van der Waals surface area (Å²) in [6, 6.07) is -0.762. The van der Waals surface area contributed by atoms with Gasteiger partial charge in [-0.2, -0.15) is 0 Å². The van der Waals surface area contributed by atoms with Crippen LogP contribution in [0.25, 0.3) is 0 Å². The molecule has 3 aliphatic rings. The molecule has 0 unspecified atom stereocenters. The molecular formula is C13H14N5NaO4S2. The van der Waals surface area contributed by atoms with E-state index in [0.29, 0.717) is 27.3 Å². The second-order valence-corrected chi connectivity index (χ2v) is 8.22. The van der Waals surface area contributed by atoms with Crippen LogP contribution in [-0.4, -0.2) is 91.1 Å². The average Bonchev–Trinajstić information content (AvgIpc) is 3.07. The number of anilines is 1. The van der Waals surface area contributed by atoms with Crippen LogP contribution >= 0.6 is 23.1 Å². The Balaban J connectivity index is 0.00000182. The van der Waals surface area contributed by atoms with Gasteiger partial charge in [0.1, 0.15) is 11.7 Å². The molecule has 4 rings (SSSR count). The topological polar surface area (TPSA) is 130 Å². The van der Waals surface area contributed by atoms with Crippen LogP contribution in [0.3, 0.4) is 0 Å². The van der Waals surface area contributed by atoms with Gasteiger partial charge >= 0.3 is 35.5 Å². The maximum absolute atomic E-state index is 12.5. The van der Waals surface area contributed by atoms with E-state index in [1.807, 2.05) is 0 Å². The standard InChI is InChI=1S/C13H13N5O4S2.Na.H/c1-4(19)17-3-5-2-6(23-13-16-15-12(14)24-13)8(11(21)22)18-7(5)9(17)10(18)20;;/h5,7,9H,2-3H2,1H3,(H2,14,15)(H,21,22);;/t5-,7-,9+;;/m1../s1. The minimum absolute atomic E-state index is 0. The zero-order valence-corrected chi connectivity index (χ0v) is 14.1. The number of amides is 2. The van der Waals surface area contributed by atoms with Gasteiger partial charge in [-0.25, -0.2) is 4.79 Å². The molecule has 3 aliphatic heterocycles. The molecule has 0 aliphatic carbocycles. The van der Waals surface area contributed by atoms with Crippen molar-refractivity contribution in [3.05, 3.63) is 10.6 Å². The first-order valence-corrected chi connectivity index (χ1v) is 8.85. The number of likely N-dealkylation sites (tertiary alicyclic amines) is 1. The van der Waals surface area contributed by atoms with Gasteiger partial charge in [-0.15, -0.1) is 10.2 Å². The van der Waals surface area contributed by atoms with Crippen molar-refractivity contribution in [3.8, 4) is 0 Å². The normalized spacial score (nSPS) is 26.9. The third-order valence-corrected chi connectivity index (χ3v) is 6.46. The molecule has 0 spiro atoms. The molecule has 2 fully saturated rings. The van der Waals surface area contributed by atoms with E-state index >= 15 is 0 Å². The van der Waals surface area contributed by atoms with Gasteiger partial charge in [0.05, 0.1) is 6.04 Å². The van der Waals surface area contributed by atoms with E-state index in [1.54, 1.807) is 4.90 Å². The number of nitrogen functional groups attached to an aromatic ring is 1. The second-order valence-electron chi connectivity index (χ2n) is 5.86. The van der Waals surface area contributed by atoms with Gasteiger partial charge < -0.3 is 15.7 Å². The number of carbonyl (C=O) groups excluding carboxylic acids is 2. The van der Waals surface area contributed by atoms with Gasteiger partial charge in [-0.1, -0.05) is 23.1 Å².